The maximum Gasteiger partial charge on any atom is 0.244 e. The number of para-hydroxylation sites is 1. The van der Waals surface area contributed by atoms with E-state index >= 15 is 0 Å². The highest BCUT2D eigenvalue weighted by molar-refractivity contribution is 5.83. The van der Waals surface area contributed by atoms with Crippen molar-refractivity contribution in [2.75, 3.05) is 30.4 Å². The number of anilines is 3. The minimum absolute atomic E-state index is 0.479. The van der Waals surface area contributed by atoms with Crippen LogP contribution in [0.25, 0.3) is 10.9 Å². The van der Waals surface area contributed by atoms with Gasteiger partial charge in [-0.15, -0.1) is 5.10 Å². The third kappa shape index (κ3) is 3.77. The summed E-state index contributed by atoms with van der Waals surface area (Å²) in [5, 5.41) is 15.8. The van der Waals surface area contributed by atoms with Crippen molar-refractivity contribution in [3.05, 3.63) is 60.4 Å². The molecule has 2 aromatic heterocycles. The molecule has 5 rings (SSSR count). The Hall–Kier alpha value is -3.81. The monoisotopic (exact) mass is 388 g/mol. The number of nitrogens with one attached hydrogen (secondary N) is 3. The number of benzene rings is 2. The van der Waals surface area contributed by atoms with Gasteiger partial charge >= 0.3 is 0 Å². The number of aromatic nitrogens is 4. The van der Waals surface area contributed by atoms with E-state index < -0.39 is 0 Å². The van der Waals surface area contributed by atoms with Crippen LogP contribution in [-0.2, 0) is 6.42 Å². The Morgan fingerprint density at radius 2 is 1.93 bits per heavy atom. The topological polar surface area (TPSA) is 97.0 Å². The Morgan fingerprint density at radius 3 is 2.90 bits per heavy atom. The van der Waals surface area contributed by atoms with Gasteiger partial charge in [0.05, 0.1) is 6.20 Å². The molecule has 0 aliphatic carbocycles. The summed E-state index contributed by atoms with van der Waals surface area (Å²) in [5.41, 5.74) is 3.25. The molecule has 146 valence electrons. The molecule has 1 aliphatic rings. The van der Waals surface area contributed by atoms with Gasteiger partial charge in [0.15, 0.2) is 17.3 Å². The standard InChI is InChI=1S/C21H20N6O2/c1-2-4-17-16(3-1)14(12-23-17)7-8-22-21-26-20(13-24-27-21)25-15-5-6-18-19(11-15)29-10-9-28-18/h1-6,11-13,23H,7-10H2,(H2,22,25,26,27). The lowest BCUT2D eigenvalue weighted by molar-refractivity contribution is 0.171. The molecule has 4 aromatic rings. The molecule has 1 aliphatic heterocycles. The van der Waals surface area contributed by atoms with Crippen molar-refractivity contribution in [3.8, 4) is 11.5 Å². The van der Waals surface area contributed by atoms with E-state index in [-0.39, 0.29) is 0 Å². The smallest absolute Gasteiger partial charge is 0.244 e. The van der Waals surface area contributed by atoms with Crippen LogP contribution in [-0.4, -0.2) is 39.9 Å². The van der Waals surface area contributed by atoms with E-state index in [0.717, 1.165) is 29.1 Å². The van der Waals surface area contributed by atoms with Gasteiger partial charge in [0.25, 0.3) is 0 Å². The van der Waals surface area contributed by atoms with Crippen LogP contribution in [0.3, 0.4) is 0 Å². The Balaban J connectivity index is 1.23. The molecule has 0 spiro atoms. The second-order valence-electron chi connectivity index (χ2n) is 6.68. The van der Waals surface area contributed by atoms with Gasteiger partial charge in [-0.1, -0.05) is 18.2 Å². The van der Waals surface area contributed by atoms with E-state index in [1.54, 1.807) is 6.20 Å². The maximum atomic E-state index is 5.62. The van der Waals surface area contributed by atoms with Gasteiger partial charge in [-0.3, -0.25) is 0 Å². The number of hydrogen-bond donors (Lipinski definition) is 3. The molecule has 3 heterocycles. The molecule has 0 saturated carbocycles. The lowest BCUT2D eigenvalue weighted by Crippen LogP contribution is -2.15. The average molecular weight is 388 g/mol. The number of nitrogens with zero attached hydrogens (tertiary/aromatic N) is 3. The molecule has 0 amide bonds. The number of rotatable bonds is 6. The Morgan fingerprint density at radius 1 is 1.03 bits per heavy atom. The van der Waals surface area contributed by atoms with Gasteiger partial charge in [-0.25, -0.2) is 0 Å². The van der Waals surface area contributed by atoms with E-state index in [4.69, 9.17) is 9.47 Å². The molecule has 8 heteroatoms. The zero-order chi connectivity index (χ0) is 19.5. The van der Waals surface area contributed by atoms with Gasteiger partial charge in [-0.2, -0.15) is 10.1 Å². The fraction of sp³-hybridized carbons (Fsp3) is 0.190. The zero-order valence-corrected chi connectivity index (χ0v) is 15.7. The van der Waals surface area contributed by atoms with Gasteiger partial charge in [0.2, 0.25) is 5.95 Å². The van der Waals surface area contributed by atoms with Crippen molar-refractivity contribution in [1.29, 1.82) is 0 Å². The molecule has 0 saturated heterocycles. The van der Waals surface area contributed by atoms with E-state index in [1.165, 1.54) is 10.9 Å². The van der Waals surface area contributed by atoms with Crippen molar-refractivity contribution in [1.82, 2.24) is 20.2 Å². The van der Waals surface area contributed by atoms with Crippen LogP contribution in [0, 0.1) is 0 Å². The molecule has 0 unspecified atom stereocenters. The van der Waals surface area contributed by atoms with Crippen LogP contribution >= 0.6 is 0 Å². The van der Waals surface area contributed by atoms with E-state index in [0.29, 0.717) is 31.5 Å². The van der Waals surface area contributed by atoms with Crippen molar-refractivity contribution in [2.24, 2.45) is 0 Å². The molecule has 0 bridgehead atoms. The third-order valence-electron chi connectivity index (χ3n) is 4.73. The fourth-order valence-electron chi connectivity index (χ4n) is 3.36. The second kappa shape index (κ2) is 7.67. The highest BCUT2D eigenvalue weighted by atomic mass is 16.6. The summed E-state index contributed by atoms with van der Waals surface area (Å²) in [5.74, 6) is 2.56. The molecule has 29 heavy (non-hydrogen) atoms. The van der Waals surface area contributed by atoms with Crippen LogP contribution in [0.2, 0.25) is 0 Å². The molecule has 0 atom stereocenters. The first-order chi connectivity index (χ1) is 14.3. The fourth-order valence-corrected chi connectivity index (χ4v) is 3.36. The minimum atomic E-state index is 0.479. The number of aromatic amines is 1. The first kappa shape index (κ1) is 17.3. The van der Waals surface area contributed by atoms with Crippen molar-refractivity contribution in [3.63, 3.8) is 0 Å². The second-order valence-corrected chi connectivity index (χ2v) is 6.68. The Kier molecular flexibility index (Phi) is 4.57. The maximum absolute atomic E-state index is 5.62. The van der Waals surface area contributed by atoms with Crippen LogP contribution in [0.1, 0.15) is 5.56 Å². The summed E-state index contributed by atoms with van der Waals surface area (Å²) in [7, 11) is 0. The van der Waals surface area contributed by atoms with Crippen molar-refractivity contribution in [2.45, 2.75) is 6.42 Å². The summed E-state index contributed by atoms with van der Waals surface area (Å²) < 4.78 is 11.2. The molecular formula is C21H20N6O2. The summed E-state index contributed by atoms with van der Waals surface area (Å²) >= 11 is 0. The molecule has 3 N–H and O–H groups in total. The molecule has 0 radical (unpaired) electrons. The Labute approximate surface area is 167 Å². The van der Waals surface area contributed by atoms with Gasteiger partial charge < -0.3 is 25.1 Å². The quantitative estimate of drug-likeness (QED) is 0.465. The first-order valence-corrected chi connectivity index (χ1v) is 9.50. The average Bonchev–Trinajstić information content (AvgIpc) is 3.17. The van der Waals surface area contributed by atoms with E-state index in [1.807, 2.05) is 36.5 Å². The van der Waals surface area contributed by atoms with Crippen LogP contribution < -0.4 is 20.1 Å². The van der Waals surface area contributed by atoms with E-state index in [2.05, 4.69) is 42.9 Å². The van der Waals surface area contributed by atoms with Gasteiger partial charge in [0, 0.05) is 35.4 Å². The number of H-pyrrole nitrogens is 1. The zero-order valence-electron chi connectivity index (χ0n) is 15.7. The van der Waals surface area contributed by atoms with Crippen LogP contribution in [0.5, 0.6) is 11.5 Å². The number of fused-ring (bicyclic) bond motifs is 2. The predicted octanol–water partition coefficient (Wildman–Crippen LogP) is 3.52. The molecular weight excluding hydrogens is 368 g/mol. The SMILES string of the molecule is c1ccc2c(CCNc3nncc(Nc4ccc5c(c4)OCCO5)n3)c[nH]c2c1. The van der Waals surface area contributed by atoms with Crippen molar-refractivity contribution < 1.29 is 9.47 Å². The van der Waals surface area contributed by atoms with Crippen molar-refractivity contribution >= 4 is 28.4 Å². The lowest BCUT2D eigenvalue weighted by atomic mass is 10.1. The number of ether oxygens (including phenoxy) is 2. The van der Waals surface area contributed by atoms with Crippen LogP contribution in [0.4, 0.5) is 17.5 Å². The summed E-state index contributed by atoms with van der Waals surface area (Å²) in [4.78, 5) is 7.78. The van der Waals surface area contributed by atoms with Gasteiger partial charge in [0.1, 0.15) is 13.2 Å². The first-order valence-electron chi connectivity index (χ1n) is 9.50. The summed E-state index contributed by atoms with van der Waals surface area (Å²) in [6.07, 6.45) is 4.49. The highest BCUT2D eigenvalue weighted by Gasteiger charge is 2.12. The lowest BCUT2D eigenvalue weighted by Gasteiger charge is -2.19. The molecule has 0 fully saturated rings. The summed E-state index contributed by atoms with van der Waals surface area (Å²) in [6, 6.07) is 14.0. The highest BCUT2D eigenvalue weighted by Crippen LogP contribution is 2.33. The molecule has 2 aromatic carbocycles. The summed E-state index contributed by atoms with van der Waals surface area (Å²) in [6.45, 7) is 1.83. The molecule has 8 nitrogen and oxygen atoms in total. The van der Waals surface area contributed by atoms with Crippen LogP contribution in [0.15, 0.2) is 54.9 Å². The van der Waals surface area contributed by atoms with Gasteiger partial charge in [-0.05, 0) is 30.2 Å². The minimum Gasteiger partial charge on any atom is -0.486 e. The largest absolute Gasteiger partial charge is 0.486 e. The van der Waals surface area contributed by atoms with E-state index in [9.17, 15) is 0 Å². The third-order valence-corrected chi connectivity index (χ3v) is 4.73. The normalized spacial score (nSPS) is 12.7. The predicted molar refractivity (Wildman–Crippen MR) is 111 cm³/mol. The Bertz CT molecular complexity index is 1140. The number of hydrogen-bond acceptors (Lipinski definition) is 7.